The number of hydrogen-bond acceptors (Lipinski definition) is 3. The van der Waals surface area contributed by atoms with Crippen molar-refractivity contribution >= 4 is 17.5 Å². The van der Waals surface area contributed by atoms with Gasteiger partial charge in [-0.25, -0.2) is 0 Å². The van der Waals surface area contributed by atoms with Gasteiger partial charge in [-0.05, 0) is 56.2 Å². The smallest absolute Gasteiger partial charge is 0.258 e. The zero-order chi connectivity index (χ0) is 17.5. The van der Waals surface area contributed by atoms with Crippen molar-refractivity contribution < 1.29 is 14.3 Å². The highest BCUT2D eigenvalue weighted by molar-refractivity contribution is 6.31. The molecule has 4 nitrogen and oxygen atoms in total. The van der Waals surface area contributed by atoms with Gasteiger partial charge in [-0.3, -0.25) is 4.79 Å². The number of halogens is 1. The first kappa shape index (κ1) is 18.1. The molecule has 0 heterocycles. The molecule has 1 atom stereocenters. The summed E-state index contributed by atoms with van der Waals surface area (Å²) in [5.74, 6) is 1.26. The molecule has 0 aliphatic carbocycles. The first-order valence-electron chi connectivity index (χ1n) is 7.82. The van der Waals surface area contributed by atoms with Crippen LogP contribution in [0.4, 0.5) is 0 Å². The van der Waals surface area contributed by atoms with Crippen molar-refractivity contribution in [2.45, 2.75) is 26.8 Å². The number of rotatable bonds is 7. The largest absolute Gasteiger partial charge is 0.491 e. The molecular formula is C19H22ClNO3. The van der Waals surface area contributed by atoms with Crippen LogP contribution in [0.5, 0.6) is 11.5 Å². The Morgan fingerprint density at radius 3 is 2.58 bits per heavy atom. The molecule has 2 aromatic rings. The lowest BCUT2D eigenvalue weighted by Crippen LogP contribution is -2.39. The Hall–Kier alpha value is -2.20. The van der Waals surface area contributed by atoms with E-state index < -0.39 is 0 Å². The van der Waals surface area contributed by atoms with Crippen LogP contribution in [0.25, 0.3) is 0 Å². The van der Waals surface area contributed by atoms with Gasteiger partial charge in [0.2, 0.25) is 0 Å². The maximum atomic E-state index is 11.9. The summed E-state index contributed by atoms with van der Waals surface area (Å²) in [7, 11) is 0. The fraction of sp³-hybridized carbons (Fsp3) is 0.316. The van der Waals surface area contributed by atoms with Crippen LogP contribution in [0.15, 0.2) is 42.5 Å². The van der Waals surface area contributed by atoms with Crippen molar-refractivity contribution in [3.8, 4) is 11.5 Å². The fourth-order valence-corrected chi connectivity index (χ4v) is 2.26. The van der Waals surface area contributed by atoms with Gasteiger partial charge in [-0.15, -0.1) is 0 Å². The van der Waals surface area contributed by atoms with E-state index in [1.54, 1.807) is 18.2 Å². The molecule has 1 amide bonds. The number of ether oxygens (including phenoxy) is 2. The van der Waals surface area contributed by atoms with Gasteiger partial charge in [0.15, 0.2) is 6.61 Å². The number of nitrogens with one attached hydrogen (secondary N) is 1. The Bertz CT molecular complexity index is 703. The minimum atomic E-state index is -0.191. The molecule has 0 saturated carbocycles. The van der Waals surface area contributed by atoms with E-state index in [0.29, 0.717) is 17.4 Å². The third-order valence-electron chi connectivity index (χ3n) is 3.49. The summed E-state index contributed by atoms with van der Waals surface area (Å²) in [6.45, 7) is 6.12. The highest BCUT2D eigenvalue weighted by Crippen LogP contribution is 2.21. The van der Waals surface area contributed by atoms with Crippen molar-refractivity contribution in [2.75, 3.05) is 13.2 Å². The molecule has 2 rings (SSSR count). The topological polar surface area (TPSA) is 47.6 Å². The van der Waals surface area contributed by atoms with Crippen molar-refractivity contribution in [2.24, 2.45) is 0 Å². The molecule has 5 heteroatoms. The Morgan fingerprint density at radius 1 is 1.12 bits per heavy atom. The zero-order valence-corrected chi connectivity index (χ0v) is 14.9. The van der Waals surface area contributed by atoms with Gasteiger partial charge < -0.3 is 14.8 Å². The summed E-state index contributed by atoms with van der Waals surface area (Å²) < 4.78 is 11.2. The average molecular weight is 348 g/mol. The summed E-state index contributed by atoms with van der Waals surface area (Å²) >= 11 is 5.96. The predicted molar refractivity (Wildman–Crippen MR) is 96.0 cm³/mol. The second-order valence-electron chi connectivity index (χ2n) is 5.74. The van der Waals surface area contributed by atoms with Gasteiger partial charge >= 0.3 is 0 Å². The minimum Gasteiger partial charge on any atom is -0.491 e. The second-order valence-corrected chi connectivity index (χ2v) is 6.15. The molecule has 0 bridgehead atoms. The first-order chi connectivity index (χ1) is 11.5. The molecular weight excluding hydrogens is 326 g/mol. The van der Waals surface area contributed by atoms with E-state index in [-0.39, 0.29) is 18.6 Å². The fourth-order valence-electron chi connectivity index (χ4n) is 2.15. The number of aryl methyl sites for hydroxylation is 2. The van der Waals surface area contributed by atoms with Crippen LogP contribution in [0.1, 0.15) is 18.1 Å². The van der Waals surface area contributed by atoms with Gasteiger partial charge in [0.25, 0.3) is 5.91 Å². The van der Waals surface area contributed by atoms with E-state index in [9.17, 15) is 4.79 Å². The molecule has 0 aromatic heterocycles. The summed E-state index contributed by atoms with van der Waals surface area (Å²) in [6.07, 6.45) is 0. The molecule has 0 unspecified atom stereocenters. The van der Waals surface area contributed by atoms with Crippen molar-refractivity contribution in [1.29, 1.82) is 0 Å². The normalized spacial score (nSPS) is 11.7. The van der Waals surface area contributed by atoms with Gasteiger partial charge in [-0.1, -0.05) is 29.8 Å². The molecule has 2 aromatic carbocycles. The van der Waals surface area contributed by atoms with Crippen LogP contribution in [-0.2, 0) is 4.79 Å². The van der Waals surface area contributed by atoms with E-state index in [1.807, 2.05) is 45.0 Å². The van der Waals surface area contributed by atoms with Crippen molar-refractivity contribution in [3.63, 3.8) is 0 Å². The Kier molecular flexibility index (Phi) is 6.50. The minimum absolute atomic E-state index is 0.0459. The standard InChI is InChI=1S/C19H22ClNO3/c1-13-6-4-5-7-18(13)24-11-15(3)21-19(22)12-23-16-8-9-17(20)14(2)10-16/h4-10,15H,11-12H2,1-3H3,(H,21,22)/t15-/m0/s1. The molecule has 0 radical (unpaired) electrons. The lowest BCUT2D eigenvalue weighted by atomic mass is 10.2. The third-order valence-corrected chi connectivity index (χ3v) is 3.91. The Morgan fingerprint density at radius 2 is 1.88 bits per heavy atom. The van der Waals surface area contributed by atoms with Gasteiger partial charge in [0, 0.05) is 5.02 Å². The van der Waals surface area contributed by atoms with Crippen molar-refractivity contribution in [1.82, 2.24) is 5.32 Å². The molecule has 0 saturated heterocycles. The summed E-state index contributed by atoms with van der Waals surface area (Å²) in [4.78, 5) is 11.9. The predicted octanol–water partition coefficient (Wildman–Crippen LogP) is 3.92. The number of carbonyl (C=O) groups excluding carboxylic acids is 1. The average Bonchev–Trinajstić information content (AvgIpc) is 2.55. The third kappa shape index (κ3) is 5.46. The highest BCUT2D eigenvalue weighted by Gasteiger charge is 2.10. The van der Waals surface area contributed by atoms with Crippen LogP contribution in [-0.4, -0.2) is 25.2 Å². The van der Waals surface area contributed by atoms with Crippen LogP contribution < -0.4 is 14.8 Å². The highest BCUT2D eigenvalue weighted by atomic mass is 35.5. The Balaban J connectivity index is 1.75. The monoisotopic (exact) mass is 347 g/mol. The number of amides is 1. The first-order valence-corrected chi connectivity index (χ1v) is 8.20. The molecule has 0 fully saturated rings. The quantitative estimate of drug-likeness (QED) is 0.825. The summed E-state index contributed by atoms with van der Waals surface area (Å²) in [5.41, 5.74) is 1.98. The lowest BCUT2D eigenvalue weighted by molar-refractivity contribution is -0.123. The van der Waals surface area contributed by atoms with Crippen LogP contribution in [0.2, 0.25) is 5.02 Å². The summed E-state index contributed by atoms with van der Waals surface area (Å²) in [5, 5.41) is 3.53. The molecule has 128 valence electrons. The van der Waals surface area contributed by atoms with Gasteiger partial charge in [0.1, 0.15) is 18.1 Å². The Labute approximate surface area is 147 Å². The zero-order valence-electron chi connectivity index (χ0n) is 14.1. The lowest BCUT2D eigenvalue weighted by Gasteiger charge is -2.16. The maximum absolute atomic E-state index is 11.9. The van der Waals surface area contributed by atoms with Gasteiger partial charge in [0.05, 0.1) is 6.04 Å². The number of para-hydroxylation sites is 1. The van der Waals surface area contributed by atoms with Crippen LogP contribution in [0.3, 0.4) is 0 Å². The number of carbonyl (C=O) groups is 1. The van der Waals surface area contributed by atoms with E-state index in [0.717, 1.165) is 16.9 Å². The summed E-state index contributed by atoms with van der Waals surface area (Å²) in [6, 6.07) is 13.0. The van der Waals surface area contributed by atoms with E-state index in [1.165, 1.54) is 0 Å². The number of benzene rings is 2. The maximum Gasteiger partial charge on any atom is 0.258 e. The van der Waals surface area contributed by atoms with E-state index in [4.69, 9.17) is 21.1 Å². The second kappa shape index (κ2) is 8.60. The van der Waals surface area contributed by atoms with E-state index >= 15 is 0 Å². The molecule has 0 aliphatic rings. The van der Waals surface area contributed by atoms with Gasteiger partial charge in [-0.2, -0.15) is 0 Å². The van der Waals surface area contributed by atoms with E-state index in [2.05, 4.69) is 5.32 Å². The molecule has 1 N–H and O–H groups in total. The molecule has 0 aliphatic heterocycles. The SMILES string of the molecule is Cc1cc(OCC(=O)N[C@@H](C)COc2ccccc2C)ccc1Cl. The number of hydrogen-bond donors (Lipinski definition) is 1. The van der Waals surface area contributed by atoms with Crippen molar-refractivity contribution in [3.05, 3.63) is 58.6 Å². The van der Waals surface area contributed by atoms with Crippen LogP contribution in [0, 0.1) is 13.8 Å². The molecule has 0 spiro atoms. The molecule has 24 heavy (non-hydrogen) atoms. The van der Waals surface area contributed by atoms with Crippen LogP contribution >= 0.6 is 11.6 Å².